The van der Waals surface area contributed by atoms with Gasteiger partial charge in [0, 0.05) is 0 Å². The molecule has 0 spiro atoms. The summed E-state index contributed by atoms with van der Waals surface area (Å²) in [5.74, 6) is -0.664. The van der Waals surface area contributed by atoms with E-state index < -0.39 is 23.5 Å². The third-order valence-electron chi connectivity index (χ3n) is 3.19. The Morgan fingerprint density at radius 2 is 2.05 bits per heavy atom. The van der Waals surface area contributed by atoms with Crippen molar-refractivity contribution in [1.82, 2.24) is 4.90 Å². The van der Waals surface area contributed by atoms with Gasteiger partial charge in [-0.2, -0.15) is 0 Å². The number of aliphatic hydroxyl groups excluding tert-OH is 1. The number of amides is 1. The zero-order valence-corrected chi connectivity index (χ0v) is 12.2. The quantitative estimate of drug-likeness (QED) is 0.775. The Labute approximate surface area is 113 Å². The van der Waals surface area contributed by atoms with Crippen LogP contribution in [-0.4, -0.2) is 58.9 Å². The smallest absolute Gasteiger partial charge is 0.410 e. The van der Waals surface area contributed by atoms with Crippen LogP contribution in [0.15, 0.2) is 0 Å². The third kappa shape index (κ3) is 3.01. The summed E-state index contributed by atoms with van der Waals surface area (Å²) >= 11 is 0. The van der Waals surface area contributed by atoms with E-state index in [4.69, 9.17) is 14.2 Å². The molecule has 6 nitrogen and oxygen atoms in total. The van der Waals surface area contributed by atoms with E-state index in [1.807, 2.05) is 34.6 Å². The van der Waals surface area contributed by atoms with Gasteiger partial charge in [0.1, 0.15) is 17.8 Å². The Balaban J connectivity index is 2.07. The topological polar surface area (TPSA) is 68.2 Å². The van der Waals surface area contributed by atoms with Crippen molar-refractivity contribution in [3.05, 3.63) is 0 Å². The van der Waals surface area contributed by atoms with Crippen molar-refractivity contribution in [3.8, 4) is 0 Å². The second-order valence-corrected chi connectivity index (χ2v) is 6.52. The van der Waals surface area contributed by atoms with Gasteiger partial charge in [0.2, 0.25) is 0 Å². The van der Waals surface area contributed by atoms with Crippen LogP contribution in [-0.2, 0) is 14.2 Å². The van der Waals surface area contributed by atoms with Crippen molar-refractivity contribution in [2.75, 3.05) is 13.2 Å². The van der Waals surface area contributed by atoms with Crippen LogP contribution in [0.25, 0.3) is 0 Å². The largest absolute Gasteiger partial charge is 0.444 e. The predicted molar refractivity (Wildman–Crippen MR) is 67.6 cm³/mol. The zero-order valence-electron chi connectivity index (χ0n) is 12.2. The summed E-state index contributed by atoms with van der Waals surface area (Å²) < 4.78 is 16.8. The fraction of sp³-hybridized carbons (Fsp3) is 0.923. The van der Waals surface area contributed by atoms with Gasteiger partial charge in [0.25, 0.3) is 0 Å². The molecule has 0 bridgehead atoms. The highest BCUT2D eigenvalue weighted by molar-refractivity contribution is 5.69. The standard InChI is InChI=1S/C13H23NO5/c1-12(2,3)19-11(16)14-6-9-10(8(14)7-15)18-13(4,5)17-9/h8-10,15H,6-7H2,1-5H3/t8-,9-,10+/m1/s1. The highest BCUT2D eigenvalue weighted by Crippen LogP contribution is 2.37. The maximum absolute atomic E-state index is 12.1. The first-order chi connectivity index (χ1) is 8.63. The number of hydrogen-bond donors (Lipinski definition) is 1. The number of nitrogens with zero attached hydrogens (tertiary/aromatic N) is 1. The lowest BCUT2D eigenvalue weighted by molar-refractivity contribution is -0.162. The molecule has 2 aliphatic heterocycles. The molecule has 0 aromatic heterocycles. The van der Waals surface area contributed by atoms with Crippen LogP contribution in [0.5, 0.6) is 0 Å². The normalized spacial score (nSPS) is 33.4. The zero-order chi connectivity index (χ0) is 14.4. The minimum atomic E-state index is -0.664. The molecule has 2 heterocycles. The molecule has 0 aromatic carbocycles. The molecule has 110 valence electrons. The lowest BCUT2D eigenvalue weighted by atomic mass is 10.1. The number of carbonyl (C=O) groups excluding carboxylic acids is 1. The second kappa shape index (κ2) is 4.61. The molecule has 0 saturated carbocycles. The lowest BCUT2D eigenvalue weighted by Crippen LogP contribution is -2.46. The van der Waals surface area contributed by atoms with Crippen molar-refractivity contribution in [3.63, 3.8) is 0 Å². The number of likely N-dealkylation sites (tertiary alicyclic amines) is 1. The predicted octanol–water partition coefficient (Wildman–Crippen LogP) is 1.12. The first-order valence-corrected chi connectivity index (χ1v) is 6.59. The Morgan fingerprint density at radius 1 is 1.42 bits per heavy atom. The number of carbonyl (C=O) groups is 1. The van der Waals surface area contributed by atoms with E-state index in [0.717, 1.165) is 0 Å². The SMILES string of the molecule is CC(C)(C)OC(=O)N1C[C@H]2OC(C)(C)O[C@H]2[C@H]1CO. The maximum Gasteiger partial charge on any atom is 0.410 e. The molecule has 1 N–H and O–H groups in total. The lowest BCUT2D eigenvalue weighted by Gasteiger charge is -2.30. The minimum Gasteiger partial charge on any atom is -0.444 e. The Morgan fingerprint density at radius 3 is 2.58 bits per heavy atom. The Kier molecular flexibility index (Phi) is 3.53. The molecule has 2 saturated heterocycles. The van der Waals surface area contributed by atoms with E-state index in [0.29, 0.717) is 6.54 Å². The molecule has 19 heavy (non-hydrogen) atoms. The number of ether oxygens (including phenoxy) is 3. The van der Waals surface area contributed by atoms with Crippen LogP contribution in [0.3, 0.4) is 0 Å². The summed E-state index contributed by atoms with van der Waals surface area (Å²) in [5.41, 5.74) is -0.560. The number of aliphatic hydroxyl groups is 1. The van der Waals surface area contributed by atoms with Gasteiger partial charge in [-0.1, -0.05) is 0 Å². The van der Waals surface area contributed by atoms with Gasteiger partial charge in [-0.05, 0) is 34.6 Å². The third-order valence-corrected chi connectivity index (χ3v) is 3.19. The van der Waals surface area contributed by atoms with E-state index in [1.54, 1.807) is 0 Å². The molecule has 0 aliphatic carbocycles. The van der Waals surface area contributed by atoms with Crippen molar-refractivity contribution < 1.29 is 24.1 Å². The van der Waals surface area contributed by atoms with Crippen molar-refractivity contribution in [1.29, 1.82) is 0 Å². The maximum atomic E-state index is 12.1. The molecular weight excluding hydrogens is 250 g/mol. The number of fused-ring (bicyclic) bond motifs is 1. The van der Waals surface area contributed by atoms with Crippen LogP contribution in [0.4, 0.5) is 4.79 Å². The molecule has 1 amide bonds. The monoisotopic (exact) mass is 273 g/mol. The minimum absolute atomic E-state index is 0.167. The molecule has 2 fully saturated rings. The van der Waals surface area contributed by atoms with Gasteiger partial charge in [-0.15, -0.1) is 0 Å². The Hall–Kier alpha value is -0.850. The molecule has 3 atom stereocenters. The van der Waals surface area contributed by atoms with E-state index in [1.165, 1.54) is 4.90 Å². The summed E-state index contributed by atoms with van der Waals surface area (Å²) in [6.07, 6.45) is -0.946. The molecule has 0 radical (unpaired) electrons. The highest BCUT2D eigenvalue weighted by atomic mass is 16.8. The molecule has 0 aromatic rings. The fourth-order valence-electron chi connectivity index (χ4n) is 2.57. The fourth-order valence-corrected chi connectivity index (χ4v) is 2.57. The van der Waals surface area contributed by atoms with Crippen LogP contribution < -0.4 is 0 Å². The van der Waals surface area contributed by atoms with Crippen molar-refractivity contribution in [2.24, 2.45) is 0 Å². The van der Waals surface area contributed by atoms with Crippen molar-refractivity contribution >= 4 is 6.09 Å². The highest BCUT2D eigenvalue weighted by Gasteiger charge is 2.54. The van der Waals surface area contributed by atoms with E-state index in [2.05, 4.69) is 0 Å². The van der Waals surface area contributed by atoms with E-state index in [-0.39, 0.29) is 18.8 Å². The van der Waals surface area contributed by atoms with Gasteiger partial charge in [0.15, 0.2) is 5.79 Å². The summed E-state index contributed by atoms with van der Waals surface area (Å²) in [7, 11) is 0. The van der Waals surface area contributed by atoms with Crippen LogP contribution >= 0.6 is 0 Å². The van der Waals surface area contributed by atoms with Crippen LogP contribution in [0.2, 0.25) is 0 Å². The number of hydrogen-bond acceptors (Lipinski definition) is 5. The van der Waals surface area contributed by atoms with Crippen LogP contribution in [0, 0.1) is 0 Å². The molecule has 2 rings (SSSR count). The van der Waals surface area contributed by atoms with Crippen molar-refractivity contribution in [2.45, 2.75) is 64.3 Å². The average Bonchev–Trinajstić information content (AvgIpc) is 2.66. The second-order valence-electron chi connectivity index (χ2n) is 6.52. The van der Waals surface area contributed by atoms with Gasteiger partial charge >= 0.3 is 6.09 Å². The van der Waals surface area contributed by atoms with Crippen LogP contribution in [0.1, 0.15) is 34.6 Å². The van der Waals surface area contributed by atoms with E-state index >= 15 is 0 Å². The Bertz CT molecular complexity index is 363. The van der Waals surface area contributed by atoms with Gasteiger partial charge in [-0.25, -0.2) is 4.79 Å². The van der Waals surface area contributed by atoms with Gasteiger partial charge < -0.3 is 19.3 Å². The van der Waals surface area contributed by atoms with Gasteiger partial charge in [-0.3, -0.25) is 4.90 Å². The molecular formula is C13H23NO5. The first kappa shape index (κ1) is 14.6. The summed E-state index contributed by atoms with van der Waals surface area (Å²) in [6.45, 7) is 9.31. The molecule has 0 unspecified atom stereocenters. The molecule has 6 heteroatoms. The summed E-state index contributed by atoms with van der Waals surface area (Å²) in [6, 6.07) is -0.415. The summed E-state index contributed by atoms with van der Waals surface area (Å²) in [4.78, 5) is 13.6. The van der Waals surface area contributed by atoms with Gasteiger partial charge in [0.05, 0.1) is 19.2 Å². The molecule has 2 aliphatic rings. The average molecular weight is 273 g/mol. The number of rotatable bonds is 1. The van der Waals surface area contributed by atoms with E-state index in [9.17, 15) is 9.90 Å². The first-order valence-electron chi connectivity index (χ1n) is 6.59. The summed E-state index contributed by atoms with van der Waals surface area (Å²) in [5, 5.41) is 9.52.